The van der Waals surface area contributed by atoms with Gasteiger partial charge < -0.3 is 10.2 Å². The van der Waals surface area contributed by atoms with Crippen molar-refractivity contribution in [2.24, 2.45) is 5.41 Å². The lowest BCUT2D eigenvalue weighted by Gasteiger charge is -2.41. The predicted molar refractivity (Wildman–Crippen MR) is 137 cm³/mol. The molecule has 11 heteroatoms. The number of amides is 2. The molecule has 0 bridgehead atoms. The average Bonchev–Trinajstić information content (AvgIpc) is 3.33. The largest absolute Gasteiger partial charge is 0.408 e. The molecule has 1 aromatic heterocycles. The third kappa shape index (κ3) is 6.12. The molecule has 7 nitrogen and oxygen atoms in total. The van der Waals surface area contributed by atoms with Gasteiger partial charge in [-0.25, -0.2) is 9.49 Å². The molecule has 1 fully saturated rings. The van der Waals surface area contributed by atoms with Crippen molar-refractivity contribution < 1.29 is 27.2 Å². The maximum absolute atomic E-state index is 14.0. The first-order chi connectivity index (χ1) is 18.3. The number of nitrogens with one attached hydrogen (secondary N) is 2. The molecule has 4 rings (SSSR count). The third-order valence-electron chi connectivity index (χ3n) is 7.51. The summed E-state index contributed by atoms with van der Waals surface area (Å²) in [5, 5.41) is 8.72. The van der Waals surface area contributed by atoms with Crippen LogP contribution in [0.4, 0.5) is 17.6 Å². The first kappa shape index (κ1) is 28.3. The average molecular weight is 547 g/mol. The van der Waals surface area contributed by atoms with Gasteiger partial charge in [0.05, 0.1) is 12.2 Å². The summed E-state index contributed by atoms with van der Waals surface area (Å²) in [6, 6.07) is 3.62. The van der Waals surface area contributed by atoms with Crippen LogP contribution in [0.15, 0.2) is 53.1 Å². The molecule has 1 saturated heterocycles. The number of carbonyl (C=O) groups is 2. The van der Waals surface area contributed by atoms with Crippen LogP contribution in [0.5, 0.6) is 0 Å². The molecule has 1 unspecified atom stereocenters. The second kappa shape index (κ2) is 10.8. The van der Waals surface area contributed by atoms with Gasteiger partial charge in [-0.1, -0.05) is 19.1 Å². The SMILES string of the molecule is Cc1cc(Cc2ccc(C(=O)NCC(=O)N3[C@H](C4(C)C=C(F)C=CC4)CC[C@@H]3C(F)(F)F)cc2C)c(=O)[nH]n1. The quantitative estimate of drug-likeness (QED) is 0.524. The number of halogens is 4. The van der Waals surface area contributed by atoms with Crippen LogP contribution in [-0.2, 0) is 11.2 Å². The highest BCUT2D eigenvalue weighted by molar-refractivity contribution is 5.96. The number of nitrogens with zero attached hydrogens (tertiary/aromatic N) is 2. The number of hydrogen-bond donors (Lipinski definition) is 2. The molecule has 3 atom stereocenters. The lowest BCUT2D eigenvalue weighted by Crippen LogP contribution is -2.55. The Labute approximate surface area is 223 Å². The van der Waals surface area contributed by atoms with Gasteiger partial charge in [0.2, 0.25) is 5.91 Å². The van der Waals surface area contributed by atoms with Crippen molar-refractivity contribution in [2.45, 2.75) is 64.7 Å². The maximum Gasteiger partial charge on any atom is 0.408 e. The lowest BCUT2D eigenvalue weighted by atomic mass is 9.75. The predicted octanol–water partition coefficient (Wildman–Crippen LogP) is 4.45. The van der Waals surface area contributed by atoms with Gasteiger partial charge in [-0.15, -0.1) is 0 Å². The fraction of sp³-hybridized carbons (Fsp3) is 0.429. The van der Waals surface area contributed by atoms with E-state index < -0.39 is 47.9 Å². The second-order valence-electron chi connectivity index (χ2n) is 10.5. The Morgan fingerprint density at radius 2 is 1.92 bits per heavy atom. The number of allylic oxidation sites excluding steroid dienone is 3. The van der Waals surface area contributed by atoms with E-state index in [9.17, 15) is 31.9 Å². The Hall–Kier alpha value is -3.76. The van der Waals surface area contributed by atoms with Crippen molar-refractivity contribution in [3.05, 3.63) is 86.6 Å². The Balaban J connectivity index is 1.47. The van der Waals surface area contributed by atoms with E-state index in [2.05, 4.69) is 15.5 Å². The molecule has 0 radical (unpaired) electrons. The van der Waals surface area contributed by atoms with E-state index in [0.29, 0.717) is 24.1 Å². The fourth-order valence-corrected chi connectivity index (χ4v) is 5.49. The molecule has 0 spiro atoms. The summed E-state index contributed by atoms with van der Waals surface area (Å²) in [5.41, 5.74) is 1.63. The zero-order chi connectivity index (χ0) is 28.5. The van der Waals surface area contributed by atoms with Gasteiger partial charge in [0.15, 0.2) is 0 Å². The van der Waals surface area contributed by atoms with E-state index in [-0.39, 0.29) is 24.0 Å². The molecule has 2 aromatic rings. The van der Waals surface area contributed by atoms with Crippen molar-refractivity contribution in [3.8, 4) is 0 Å². The van der Waals surface area contributed by atoms with E-state index in [1.807, 2.05) is 0 Å². The summed E-state index contributed by atoms with van der Waals surface area (Å²) < 4.78 is 55.6. The summed E-state index contributed by atoms with van der Waals surface area (Å²) in [6.45, 7) is 4.54. The summed E-state index contributed by atoms with van der Waals surface area (Å²) in [6.07, 6.45) is -0.167. The first-order valence-electron chi connectivity index (χ1n) is 12.6. The first-order valence-corrected chi connectivity index (χ1v) is 12.6. The van der Waals surface area contributed by atoms with Gasteiger partial charge in [0, 0.05) is 29.0 Å². The van der Waals surface area contributed by atoms with Crippen molar-refractivity contribution in [1.29, 1.82) is 0 Å². The topological polar surface area (TPSA) is 95.2 Å². The highest BCUT2D eigenvalue weighted by Gasteiger charge is 2.55. The van der Waals surface area contributed by atoms with E-state index >= 15 is 0 Å². The monoisotopic (exact) mass is 546 g/mol. The van der Waals surface area contributed by atoms with Gasteiger partial charge in [0.25, 0.3) is 11.5 Å². The van der Waals surface area contributed by atoms with Gasteiger partial charge in [-0.2, -0.15) is 18.3 Å². The molecule has 2 amide bonds. The number of likely N-dealkylation sites (tertiary alicyclic amines) is 1. The molecule has 0 saturated carbocycles. The van der Waals surface area contributed by atoms with Crippen LogP contribution in [0.3, 0.4) is 0 Å². The lowest BCUT2D eigenvalue weighted by molar-refractivity contribution is -0.187. The number of aromatic amines is 1. The van der Waals surface area contributed by atoms with Crippen molar-refractivity contribution >= 4 is 11.8 Å². The van der Waals surface area contributed by atoms with Gasteiger partial charge in [0.1, 0.15) is 11.9 Å². The number of carbonyl (C=O) groups excluding carboxylic acids is 2. The molecule has 1 aliphatic heterocycles. The number of rotatable bonds is 6. The molecule has 39 heavy (non-hydrogen) atoms. The number of H-pyrrole nitrogens is 1. The smallest absolute Gasteiger partial charge is 0.343 e. The highest BCUT2D eigenvalue weighted by Crippen LogP contribution is 2.46. The standard InChI is InChI=1S/C28H30F4N4O3/c1-16-11-19(7-6-18(16)13-20-12-17(2)34-35-26(20)39)25(38)33-15-24(37)36-22(8-9-23(36)28(30,31)32)27(3)10-4-5-21(29)14-27/h4-7,11-12,14,22-23H,8-10,13,15H2,1-3H3,(H,33,38)(H,35,39)/t22-,23+,27?/m0/s1. The molecular weight excluding hydrogens is 516 g/mol. The van der Waals surface area contributed by atoms with Crippen LogP contribution in [0.1, 0.15) is 58.9 Å². The maximum atomic E-state index is 14.0. The molecule has 2 aliphatic rings. The number of aryl methyl sites for hydroxylation is 2. The van der Waals surface area contributed by atoms with Crippen molar-refractivity contribution in [2.75, 3.05) is 6.54 Å². The Kier molecular flexibility index (Phi) is 7.81. The van der Waals surface area contributed by atoms with Gasteiger partial charge in [-0.3, -0.25) is 14.4 Å². The Bertz CT molecular complexity index is 1400. The minimum Gasteiger partial charge on any atom is -0.343 e. The summed E-state index contributed by atoms with van der Waals surface area (Å²) in [7, 11) is 0. The fourth-order valence-electron chi connectivity index (χ4n) is 5.49. The van der Waals surface area contributed by atoms with E-state index in [4.69, 9.17) is 0 Å². The molecule has 2 heterocycles. The minimum absolute atomic E-state index is 0.0679. The normalized spacial score (nSPS) is 23.1. The molecule has 2 N–H and O–H groups in total. The number of aromatic nitrogens is 2. The number of benzene rings is 1. The highest BCUT2D eigenvalue weighted by atomic mass is 19.4. The molecule has 208 valence electrons. The third-order valence-corrected chi connectivity index (χ3v) is 7.51. The number of alkyl halides is 3. The van der Waals surface area contributed by atoms with Crippen molar-refractivity contribution in [1.82, 2.24) is 20.4 Å². The van der Waals surface area contributed by atoms with Crippen LogP contribution in [0.25, 0.3) is 0 Å². The molecule has 1 aliphatic carbocycles. The van der Waals surface area contributed by atoms with Crippen LogP contribution in [0, 0.1) is 19.3 Å². The van der Waals surface area contributed by atoms with Crippen LogP contribution >= 0.6 is 0 Å². The number of hydrogen-bond acceptors (Lipinski definition) is 4. The van der Waals surface area contributed by atoms with Crippen molar-refractivity contribution in [3.63, 3.8) is 0 Å². The van der Waals surface area contributed by atoms with Crippen LogP contribution in [0.2, 0.25) is 0 Å². The summed E-state index contributed by atoms with van der Waals surface area (Å²) in [5.74, 6) is -2.05. The second-order valence-corrected chi connectivity index (χ2v) is 10.5. The minimum atomic E-state index is -4.65. The molecule has 1 aromatic carbocycles. The zero-order valence-corrected chi connectivity index (χ0v) is 21.9. The van der Waals surface area contributed by atoms with E-state index in [1.54, 1.807) is 45.0 Å². The van der Waals surface area contributed by atoms with Crippen LogP contribution < -0.4 is 10.9 Å². The Morgan fingerprint density at radius 1 is 1.18 bits per heavy atom. The summed E-state index contributed by atoms with van der Waals surface area (Å²) in [4.78, 5) is 38.8. The van der Waals surface area contributed by atoms with Gasteiger partial charge in [-0.05, 0) is 74.6 Å². The summed E-state index contributed by atoms with van der Waals surface area (Å²) >= 11 is 0. The van der Waals surface area contributed by atoms with E-state index in [1.165, 1.54) is 18.2 Å². The Morgan fingerprint density at radius 3 is 2.59 bits per heavy atom. The van der Waals surface area contributed by atoms with Crippen LogP contribution in [-0.4, -0.2) is 51.7 Å². The van der Waals surface area contributed by atoms with Gasteiger partial charge >= 0.3 is 6.18 Å². The zero-order valence-electron chi connectivity index (χ0n) is 21.9. The van der Waals surface area contributed by atoms with E-state index in [0.717, 1.165) is 16.0 Å². The molecular formula is C28H30F4N4O3.